The van der Waals surface area contributed by atoms with Crippen molar-refractivity contribution in [2.75, 3.05) is 18.4 Å². The molecular formula is C13H17ClN4S. The van der Waals surface area contributed by atoms with Crippen LogP contribution < -0.4 is 10.6 Å². The molecule has 102 valence electrons. The van der Waals surface area contributed by atoms with Gasteiger partial charge in [-0.1, -0.05) is 0 Å². The van der Waals surface area contributed by atoms with Crippen molar-refractivity contribution in [3.05, 3.63) is 35.1 Å². The zero-order chi connectivity index (χ0) is 12.4. The second-order valence-electron chi connectivity index (χ2n) is 4.57. The molecule has 2 aromatic heterocycles. The molecule has 4 nitrogen and oxygen atoms in total. The number of anilines is 2. The molecule has 0 spiro atoms. The smallest absolute Gasteiger partial charge is 0.187 e. The van der Waals surface area contributed by atoms with E-state index in [9.17, 15) is 0 Å². The van der Waals surface area contributed by atoms with Crippen molar-refractivity contribution < 1.29 is 0 Å². The van der Waals surface area contributed by atoms with Gasteiger partial charge in [0.25, 0.3) is 0 Å². The first-order valence-electron chi connectivity index (χ1n) is 6.17. The van der Waals surface area contributed by atoms with E-state index in [1.165, 1.54) is 12.1 Å². The highest BCUT2D eigenvalue weighted by molar-refractivity contribution is 7.13. The molecule has 1 aliphatic heterocycles. The van der Waals surface area contributed by atoms with Crippen molar-refractivity contribution in [3.63, 3.8) is 0 Å². The molecule has 0 saturated carbocycles. The van der Waals surface area contributed by atoms with Gasteiger partial charge in [-0.05, 0) is 32.0 Å². The molecule has 0 bridgehead atoms. The largest absolute Gasteiger partial charge is 0.331 e. The summed E-state index contributed by atoms with van der Waals surface area (Å²) in [4.78, 5) is 8.89. The van der Waals surface area contributed by atoms with Gasteiger partial charge in [-0.3, -0.25) is 4.98 Å². The highest BCUT2D eigenvalue weighted by Gasteiger charge is 2.18. The molecule has 0 aromatic carbocycles. The van der Waals surface area contributed by atoms with Crippen LogP contribution in [-0.2, 0) is 0 Å². The Morgan fingerprint density at radius 2 is 2.32 bits per heavy atom. The van der Waals surface area contributed by atoms with Crippen LogP contribution in [0.2, 0.25) is 0 Å². The standard InChI is InChI=1S/C13H16N4S.ClH/c1-9-6-11(17-13-15-4-5-18-13)7-12(16-9)10-2-3-14-8-10;/h4-7,10,14H,2-3,8H2,1H3,(H,15,16,17);1H. The number of hydrogen-bond donors (Lipinski definition) is 2. The summed E-state index contributed by atoms with van der Waals surface area (Å²) in [6.45, 7) is 4.17. The molecule has 2 N–H and O–H groups in total. The van der Waals surface area contributed by atoms with Crippen molar-refractivity contribution in [1.82, 2.24) is 15.3 Å². The van der Waals surface area contributed by atoms with Crippen LogP contribution in [0.3, 0.4) is 0 Å². The fourth-order valence-corrected chi connectivity index (χ4v) is 2.84. The summed E-state index contributed by atoms with van der Waals surface area (Å²) in [6.07, 6.45) is 2.98. The molecular weight excluding hydrogens is 280 g/mol. The molecule has 1 unspecified atom stereocenters. The van der Waals surface area contributed by atoms with Gasteiger partial charge < -0.3 is 10.6 Å². The number of hydrogen-bond acceptors (Lipinski definition) is 5. The quantitative estimate of drug-likeness (QED) is 0.914. The summed E-state index contributed by atoms with van der Waals surface area (Å²) in [6, 6.07) is 4.21. The molecule has 1 saturated heterocycles. The van der Waals surface area contributed by atoms with Crippen LogP contribution in [0.15, 0.2) is 23.7 Å². The molecule has 3 heterocycles. The van der Waals surface area contributed by atoms with E-state index in [4.69, 9.17) is 0 Å². The maximum atomic E-state index is 4.65. The summed E-state index contributed by atoms with van der Waals surface area (Å²) in [5.41, 5.74) is 3.32. The summed E-state index contributed by atoms with van der Waals surface area (Å²) in [5.74, 6) is 0.543. The van der Waals surface area contributed by atoms with Gasteiger partial charge in [0.1, 0.15) is 0 Å². The first kappa shape index (κ1) is 14.2. The van der Waals surface area contributed by atoms with E-state index in [1.54, 1.807) is 11.3 Å². The highest BCUT2D eigenvalue weighted by Crippen LogP contribution is 2.26. The minimum atomic E-state index is 0. The van der Waals surface area contributed by atoms with Crippen molar-refractivity contribution in [1.29, 1.82) is 0 Å². The number of nitrogens with zero attached hydrogens (tertiary/aromatic N) is 2. The maximum Gasteiger partial charge on any atom is 0.187 e. The number of nitrogens with one attached hydrogen (secondary N) is 2. The lowest BCUT2D eigenvalue weighted by Crippen LogP contribution is -2.09. The third-order valence-electron chi connectivity index (χ3n) is 3.14. The monoisotopic (exact) mass is 296 g/mol. The van der Waals surface area contributed by atoms with E-state index in [0.717, 1.165) is 29.6 Å². The molecule has 1 fully saturated rings. The first-order valence-corrected chi connectivity index (χ1v) is 7.05. The third kappa shape index (κ3) is 3.43. The second-order valence-corrected chi connectivity index (χ2v) is 5.47. The number of pyridine rings is 1. The Labute approximate surface area is 123 Å². The van der Waals surface area contributed by atoms with Crippen molar-refractivity contribution in [2.45, 2.75) is 19.3 Å². The van der Waals surface area contributed by atoms with Gasteiger partial charge in [0, 0.05) is 41.1 Å². The number of aryl methyl sites for hydroxylation is 1. The number of thiazole rings is 1. The summed E-state index contributed by atoms with van der Waals surface area (Å²) < 4.78 is 0. The van der Waals surface area contributed by atoms with Gasteiger partial charge in [0.05, 0.1) is 0 Å². The van der Waals surface area contributed by atoms with Gasteiger partial charge in [-0.25, -0.2) is 4.98 Å². The molecule has 3 rings (SSSR count). The average Bonchev–Trinajstić information content (AvgIpc) is 3.00. The maximum absolute atomic E-state index is 4.65. The lowest BCUT2D eigenvalue weighted by molar-refractivity contribution is 0.732. The lowest BCUT2D eigenvalue weighted by Gasteiger charge is -2.11. The Hall–Kier alpha value is -1.17. The highest BCUT2D eigenvalue weighted by atomic mass is 35.5. The number of halogens is 1. The van der Waals surface area contributed by atoms with E-state index in [-0.39, 0.29) is 12.4 Å². The summed E-state index contributed by atoms with van der Waals surface area (Å²) in [5, 5.41) is 9.62. The van der Waals surface area contributed by atoms with Gasteiger partial charge in [-0.2, -0.15) is 0 Å². The minimum absolute atomic E-state index is 0. The zero-order valence-electron chi connectivity index (χ0n) is 10.7. The second kappa shape index (κ2) is 6.32. The van der Waals surface area contributed by atoms with Crippen LogP contribution >= 0.6 is 23.7 Å². The number of rotatable bonds is 3. The van der Waals surface area contributed by atoms with Gasteiger partial charge in [0.2, 0.25) is 0 Å². The molecule has 1 atom stereocenters. The predicted molar refractivity (Wildman–Crippen MR) is 81.8 cm³/mol. The minimum Gasteiger partial charge on any atom is -0.331 e. The van der Waals surface area contributed by atoms with Crippen LogP contribution in [0, 0.1) is 6.92 Å². The van der Waals surface area contributed by atoms with Gasteiger partial charge >= 0.3 is 0 Å². The predicted octanol–water partition coefficient (Wildman–Crippen LogP) is 3.09. The number of aromatic nitrogens is 2. The topological polar surface area (TPSA) is 49.8 Å². The Bertz CT molecular complexity index is 523. The average molecular weight is 297 g/mol. The molecule has 6 heteroatoms. The SMILES string of the molecule is Cc1cc(Nc2nccs2)cc(C2CCNC2)n1.Cl. The van der Waals surface area contributed by atoms with E-state index in [2.05, 4.69) is 32.7 Å². The Morgan fingerprint density at radius 1 is 1.42 bits per heavy atom. The summed E-state index contributed by atoms with van der Waals surface area (Å²) in [7, 11) is 0. The van der Waals surface area contributed by atoms with E-state index in [1.807, 2.05) is 18.5 Å². The molecule has 1 aliphatic rings. The molecule has 2 aromatic rings. The molecule has 0 aliphatic carbocycles. The lowest BCUT2D eigenvalue weighted by atomic mass is 10.0. The zero-order valence-corrected chi connectivity index (χ0v) is 12.4. The summed E-state index contributed by atoms with van der Waals surface area (Å²) >= 11 is 1.61. The Balaban J connectivity index is 0.00000133. The Morgan fingerprint density at radius 3 is 3.00 bits per heavy atom. The first-order chi connectivity index (χ1) is 8.81. The van der Waals surface area contributed by atoms with Crippen molar-refractivity contribution in [2.24, 2.45) is 0 Å². The van der Waals surface area contributed by atoms with Crippen LogP contribution in [0.1, 0.15) is 23.7 Å². The van der Waals surface area contributed by atoms with Crippen LogP contribution in [-0.4, -0.2) is 23.1 Å². The Kier molecular flexibility index (Phi) is 4.74. The fourth-order valence-electron chi connectivity index (χ4n) is 2.29. The van der Waals surface area contributed by atoms with Crippen molar-refractivity contribution in [3.8, 4) is 0 Å². The third-order valence-corrected chi connectivity index (χ3v) is 3.82. The van der Waals surface area contributed by atoms with Gasteiger partial charge in [-0.15, -0.1) is 23.7 Å². The van der Waals surface area contributed by atoms with Crippen molar-refractivity contribution >= 4 is 34.6 Å². The van der Waals surface area contributed by atoms with Crippen LogP contribution in [0.5, 0.6) is 0 Å². The van der Waals surface area contributed by atoms with E-state index < -0.39 is 0 Å². The molecule has 19 heavy (non-hydrogen) atoms. The molecule has 0 amide bonds. The van der Waals surface area contributed by atoms with Crippen LogP contribution in [0.4, 0.5) is 10.8 Å². The molecule has 0 radical (unpaired) electrons. The van der Waals surface area contributed by atoms with E-state index in [0.29, 0.717) is 5.92 Å². The fraction of sp³-hybridized carbons (Fsp3) is 0.385. The van der Waals surface area contributed by atoms with Gasteiger partial charge in [0.15, 0.2) is 5.13 Å². The van der Waals surface area contributed by atoms with Crippen LogP contribution in [0.25, 0.3) is 0 Å². The van der Waals surface area contributed by atoms with E-state index >= 15 is 0 Å². The normalized spacial score (nSPS) is 18.1.